The molecule has 0 saturated carbocycles. The number of anilines is 3. The highest BCUT2D eigenvalue weighted by atomic mass is 15.3. The Morgan fingerprint density at radius 1 is 0.778 bits per heavy atom. The van der Waals surface area contributed by atoms with Gasteiger partial charge in [-0.2, -0.15) is 15.0 Å². The highest BCUT2D eigenvalue weighted by molar-refractivity contribution is 5.88. The number of rotatable bonds is 5. The van der Waals surface area contributed by atoms with E-state index in [0.717, 1.165) is 68.0 Å². The van der Waals surface area contributed by atoms with Crippen LogP contribution in [-0.4, -0.2) is 59.2 Å². The number of piperidine rings is 2. The molecule has 0 N–H and O–H groups in total. The van der Waals surface area contributed by atoms with Crippen LogP contribution in [0.5, 0.6) is 0 Å². The molecule has 0 amide bonds. The van der Waals surface area contributed by atoms with Gasteiger partial charge < -0.3 is 14.7 Å². The summed E-state index contributed by atoms with van der Waals surface area (Å²) in [6.07, 6.45) is 9.39. The van der Waals surface area contributed by atoms with E-state index in [1.54, 1.807) is 0 Å². The number of fused-ring (bicyclic) bond motifs is 1. The van der Waals surface area contributed by atoms with Crippen LogP contribution < -0.4 is 14.7 Å². The number of nitrogens with zero attached hydrogens (tertiary/aromatic N) is 7. The summed E-state index contributed by atoms with van der Waals surface area (Å²) in [4.78, 5) is 26.3. The normalized spacial score (nSPS) is 18.1. The predicted molar refractivity (Wildman–Crippen MR) is 111 cm³/mol. The molecule has 0 bridgehead atoms. The van der Waals surface area contributed by atoms with Gasteiger partial charge in [0.05, 0.1) is 5.39 Å². The smallest absolute Gasteiger partial charge is 0.229 e. The summed E-state index contributed by atoms with van der Waals surface area (Å²) in [5.74, 6) is 2.61. The van der Waals surface area contributed by atoms with Gasteiger partial charge in [0.1, 0.15) is 5.82 Å². The molecule has 2 saturated heterocycles. The first-order valence-corrected chi connectivity index (χ1v) is 10.6. The van der Waals surface area contributed by atoms with E-state index in [4.69, 9.17) is 15.0 Å². The zero-order chi connectivity index (χ0) is 18.6. The molecule has 0 aliphatic carbocycles. The van der Waals surface area contributed by atoms with Gasteiger partial charge in [-0.1, -0.05) is 0 Å². The lowest BCUT2D eigenvalue weighted by molar-refractivity contribution is 0.567. The molecule has 0 spiro atoms. The highest BCUT2D eigenvalue weighted by Crippen LogP contribution is 2.28. The van der Waals surface area contributed by atoms with E-state index < -0.39 is 0 Å². The molecule has 2 aliphatic heterocycles. The average molecular weight is 370 g/mol. The van der Waals surface area contributed by atoms with Gasteiger partial charge in [0, 0.05) is 45.5 Å². The molecule has 27 heavy (non-hydrogen) atoms. The molecule has 0 atom stereocenters. The van der Waals surface area contributed by atoms with Crippen molar-refractivity contribution in [2.24, 2.45) is 0 Å². The van der Waals surface area contributed by atoms with Gasteiger partial charge in [-0.15, -0.1) is 0 Å². The molecule has 2 fully saturated rings. The molecular formula is C20H31N7. The minimum atomic E-state index is 0.781. The van der Waals surface area contributed by atoms with Crippen LogP contribution in [0.15, 0.2) is 6.20 Å². The van der Waals surface area contributed by atoms with Crippen molar-refractivity contribution in [1.29, 1.82) is 0 Å². The van der Waals surface area contributed by atoms with Gasteiger partial charge in [0.2, 0.25) is 11.9 Å². The zero-order valence-corrected chi connectivity index (χ0v) is 16.7. The van der Waals surface area contributed by atoms with Gasteiger partial charge in [0.25, 0.3) is 0 Å². The summed E-state index contributed by atoms with van der Waals surface area (Å²) in [5, 5.41) is 0.959. The van der Waals surface area contributed by atoms with Crippen LogP contribution in [0.1, 0.15) is 52.4 Å². The standard InChI is InChI=1S/C20H31N7/c1-3-25(4-2)18-16-15-21-19(26-11-7-5-8-12-26)22-17(16)23-20(24-18)27-13-9-6-10-14-27/h15H,3-14H2,1-2H3. The number of aromatic nitrogens is 4. The van der Waals surface area contributed by atoms with Crippen molar-refractivity contribution < 1.29 is 0 Å². The monoisotopic (exact) mass is 369 g/mol. The Kier molecular flexibility index (Phi) is 5.55. The van der Waals surface area contributed by atoms with Crippen LogP contribution in [0.25, 0.3) is 11.0 Å². The summed E-state index contributed by atoms with van der Waals surface area (Å²) in [7, 11) is 0. The largest absolute Gasteiger partial charge is 0.356 e. The molecule has 7 nitrogen and oxygen atoms in total. The number of hydrogen-bond donors (Lipinski definition) is 0. The van der Waals surface area contributed by atoms with Crippen LogP contribution in [0.4, 0.5) is 17.7 Å². The Hall–Kier alpha value is -2.18. The molecular weight excluding hydrogens is 338 g/mol. The van der Waals surface area contributed by atoms with E-state index >= 15 is 0 Å². The molecule has 7 heteroatoms. The lowest BCUT2D eigenvalue weighted by atomic mass is 10.1. The first kappa shape index (κ1) is 18.2. The summed E-state index contributed by atoms with van der Waals surface area (Å²) in [6.45, 7) is 10.3. The maximum Gasteiger partial charge on any atom is 0.229 e. The molecule has 2 aromatic rings. The fraction of sp³-hybridized carbons (Fsp3) is 0.700. The fourth-order valence-corrected chi connectivity index (χ4v) is 4.13. The molecule has 4 heterocycles. The lowest BCUT2D eigenvalue weighted by Crippen LogP contribution is -2.33. The minimum absolute atomic E-state index is 0.781. The van der Waals surface area contributed by atoms with Gasteiger partial charge in [-0.05, 0) is 52.4 Å². The molecule has 146 valence electrons. The predicted octanol–water partition coefficient (Wildman–Crippen LogP) is 3.25. The quantitative estimate of drug-likeness (QED) is 0.802. The average Bonchev–Trinajstić information content (AvgIpc) is 2.75. The Morgan fingerprint density at radius 3 is 1.93 bits per heavy atom. The second-order valence-electron chi connectivity index (χ2n) is 7.52. The fourth-order valence-electron chi connectivity index (χ4n) is 4.13. The Morgan fingerprint density at radius 2 is 1.33 bits per heavy atom. The van der Waals surface area contributed by atoms with Gasteiger partial charge >= 0.3 is 0 Å². The maximum atomic E-state index is 4.96. The Bertz CT molecular complexity index is 757. The maximum absolute atomic E-state index is 4.96. The topological polar surface area (TPSA) is 61.3 Å². The SMILES string of the molecule is CCN(CC)c1nc(N2CCCCC2)nc2nc(N3CCCCC3)ncc12. The highest BCUT2D eigenvalue weighted by Gasteiger charge is 2.21. The summed E-state index contributed by atoms with van der Waals surface area (Å²) in [6, 6.07) is 0. The van der Waals surface area contributed by atoms with E-state index in [1.807, 2.05) is 6.20 Å². The molecule has 2 aliphatic rings. The van der Waals surface area contributed by atoms with Gasteiger partial charge in [0.15, 0.2) is 5.65 Å². The van der Waals surface area contributed by atoms with Crippen molar-refractivity contribution in [2.75, 3.05) is 54.0 Å². The van der Waals surface area contributed by atoms with Crippen LogP contribution in [-0.2, 0) is 0 Å². The van der Waals surface area contributed by atoms with E-state index in [1.165, 1.54) is 38.5 Å². The molecule has 0 unspecified atom stereocenters. The third-order valence-corrected chi connectivity index (χ3v) is 5.75. The first-order chi connectivity index (χ1) is 13.3. The molecule has 0 radical (unpaired) electrons. The van der Waals surface area contributed by atoms with Crippen molar-refractivity contribution in [1.82, 2.24) is 19.9 Å². The van der Waals surface area contributed by atoms with Crippen LogP contribution in [0.3, 0.4) is 0 Å². The van der Waals surface area contributed by atoms with Gasteiger partial charge in [-0.25, -0.2) is 4.98 Å². The van der Waals surface area contributed by atoms with Crippen molar-refractivity contribution >= 4 is 28.7 Å². The van der Waals surface area contributed by atoms with E-state index in [0.29, 0.717) is 0 Å². The first-order valence-electron chi connectivity index (χ1n) is 10.6. The second-order valence-corrected chi connectivity index (χ2v) is 7.52. The van der Waals surface area contributed by atoms with Crippen molar-refractivity contribution in [3.05, 3.63) is 6.20 Å². The van der Waals surface area contributed by atoms with E-state index in [2.05, 4.69) is 33.5 Å². The Balaban J connectivity index is 1.78. The van der Waals surface area contributed by atoms with Crippen LogP contribution >= 0.6 is 0 Å². The van der Waals surface area contributed by atoms with Crippen LogP contribution in [0, 0.1) is 0 Å². The van der Waals surface area contributed by atoms with Gasteiger partial charge in [-0.3, -0.25) is 0 Å². The molecule has 4 rings (SSSR count). The van der Waals surface area contributed by atoms with Crippen molar-refractivity contribution in [3.63, 3.8) is 0 Å². The number of hydrogen-bond acceptors (Lipinski definition) is 7. The molecule has 0 aromatic carbocycles. The van der Waals surface area contributed by atoms with Crippen LogP contribution in [0.2, 0.25) is 0 Å². The lowest BCUT2D eigenvalue weighted by Gasteiger charge is -2.29. The zero-order valence-electron chi connectivity index (χ0n) is 16.7. The van der Waals surface area contributed by atoms with Crippen molar-refractivity contribution in [3.8, 4) is 0 Å². The molecule has 2 aromatic heterocycles. The van der Waals surface area contributed by atoms with E-state index in [-0.39, 0.29) is 0 Å². The summed E-state index contributed by atoms with van der Waals surface area (Å²) >= 11 is 0. The van der Waals surface area contributed by atoms with Crippen molar-refractivity contribution in [2.45, 2.75) is 52.4 Å². The second kappa shape index (κ2) is 8.23. The summed E-state index contributed by atoms with van der Waals surface area (Å²) < 4.78 is 0. The minimum Gasteiger partial charge on any atom is -0.356 e. The van der Waals surface area contributed by atoms with E-state index in [9.17, 15) is 0 Å². The Labute approximate surface area is 161 Å². The summed E-state index contributed by atoms with van der Waals surface area (Å²) in [5.41, 5.74) is 0.781. The third-order valence-electron chi connectivity index (χ3n) is 5.75. The third kappa shape index (κ3) is 3.77.